The van der Waals surface area contributed by atoms with Crippen molar-refractivity contribution in [3.8, 4) is 45.3 Å². The van der Waals surface area contributed by atoms with Crippen molar-refractivity contribution < 1.29 is 0 Å². The van der Waals surface area contributed by atoms with Crippen LogP contribution in [-0.2, 0) is 0 Å². The van der Waals surface area contributed by atoms with E-state index in [2.05, 4.69) is 103 Å². The summed E-state index contributed by atoms with van der Waals surface area (Å²) in [7, 11) is 0. The summed E-state index contributed by atoms with van der Waals surface area (Å²) in [6.45, 7) is 0. The van der Waals surface area contributed by atoms with Crippen molar-refractivity contribution in [2.75, 3.05) is 0 Å². The third-order valence-electron chi connectivity index (χ3n) is 9.50. The van der Waals surface area contributed by atoms with E-state index < -0.39 is 0 Å². The summed E-state index contributed by atoms with van der Waals surface area (Å²) in [4.78, 5) is 14.9. The SMILES string of the molecule is c1ccc(-c2nc(-c3ccccc3)nc(-c3cccc4cc(-c5ccc6ccc7ccc8c9ccccc9[se]c8c7c6c5)ccc34)n2)cc1. The van der Waals surface area contributed by atoms with Crippen molar-refractivity contribution in [2.45, 2.75) is 0 Å². The number of hydrogen-bond donors (Lipinski definition) is 0. The molecule has 0 saturated heterocycles. The van der Waals surface area contributed by atoms with Gasteiger partial charge in [-0.3, -0.25) is 0 Å². The molecule has 8 aromatic carbocycles. The molecule has 0 atom stereocenters. The van der Waals surface area contributed by atoms with Crippen LogP contribution in [0.15, 0.2) is 164 Å². The number of rotatable bonds is 4. The monoisotopic (exact) mass is 689 g/mol. The summed E-state index contributed by atoms with van der Waals surface area (Å²) in [6.07, 6.45) is 0. The molecule has 10 aromatic rings. The van der Waals surface area contributed by atoms with Gasteiger partial charge < -0.3 is 0 Å². The molecular weight excluding hydrogens is 661 g/mol. The normalized spacial score (nSPS) is 11.7. The van der Waals surface area contributed by atoms with E-state index in [1.807, 2.05) is 60.7 Å². The molecule has 0 aliphatic heterocycles. The van der Waals surface area contributed by atoms with Crippen LogP contribution in [0.1, 0.15) is 0 Å². The fourth-order valence-electron chi connectivity index (χ4n) is 7.09. The molecule has 10 rings (SSSR count). The van der Waals surface area contributed by atoms with Gasteiger partial charge in [-0.05, 0) is 0 Å². The Kier molecular flexibility index (Phi) is 6.51. The molecule has 0 aliphatic carbocycles. The van der Waals surface area contributed by atoms with Gasteiger partial charge in [0.15, 0.2) is 11.6 Å². The average molecular weight is 689 g/mol. The molecule has 2 heterocycles. The summed E-state index contributed by atoms with van der Waals surface area (Å²) < 4.78 is 2.97. The number of fused-ring (bicyclic) bond motifs is 8. The van der Waals surface area contributed by atoms with Crippen LogP contribution >= 0.6 is 0 Å². The summed E-state index contributed by atoms with van der Waals surface area (Å²) >= 11 is 0.283. The standard InChI is InChI=1S/C45H27N3Se/c1-3-10-30(11-4-1)43-46-44(31-12-5-2-6-13-31)48-45(47-43)38-16-9-14-34-26-32(23-24-35(34)38)33-21-19-28-18-20-29-22-25-37-36-15-7-8-17-40(36)49-42(37)41(29)39(28)27-33/h1-27H. The van der Waals surface area contributed by atoms with E-state index in [1.54, 1.807) is 0 Å². The maximum atomic E-state index is 5.02. The number of nitrogens with zero attached hydrogens (tertiary/aromatic N) is 3. The molecule has 0 aliphatic rings. The molecule has 2 aromatic heterocycles. The fourth-order valence-corrected chi connectivity index (χ4v) is 9.75. The topological polar surface area (TPSA) is 38.7 Å². The Morgan fingerprint density at radius 2 is 0.959 bits per heavy atom. The summed E-state index contributed by atoms with van der Waals surface area (Å²) in [5.41, 5.74) is 5.32. The van der Waals surface area contributed by atoms with Crippen LogP contribution in [-0.4, -0.2) is 29.5 Å². The minimum atomic E-state index is 0.283. The summed E-state index contributed by atoms with van der Waals surface area (Å²) in [5, 5.41) is 10.3. The predicted octanol–water partition coefficient (Wildman–Crippen LogP) is 11.4. The second-order valence-corrected chi connectivity index (χ2v) is 14.6. The molecule has 0 saturated carbocycles. The van der Waals surface area contributed by atoms with Gasteiger partial charge in [0, 0.05) is 11.1 Å². The zero-order valence-corrected chi connectivity index (χ0v) is 28.1. The molecule has 0 N–H and O–H groups in total. The second-order valence-electron chi connectivity index (χ2n) is 12.4. The first-order valence-electron chi connectivity index (χ1n) is 16.4. The quantitative estimate of drug-likeness (QED) is 0.136. The molecule has 4 heteroatoms. The van der Waals surface area contributed by atoms with Gasteiger partial charge in [-0.15, -0.1) is 0 Å². The van der Waals surface area contributed by atoms with Gasteiger partial charge in [0.05, 0.1) is 0 Å². The smallest absolute Gasteiger partial charge is 0.0615 e. The Bertz CT molecular complexity index is 2820. The molecule has 0 amide bonds. The van der Waals surface area contributed by atoms with Gasteiger partial charge in [0.2, 0.25) is 0 Å². The van der Waals surface area contributed by atoms with Crippen LogP contribution in [0.4, 0.5) is 0 Å². The average Bonchev–Trinajstić information content (AvgIpc) is 3.56. The van der Waals surface area contributed by atoms with Crippen molar-refractivity contribution in [2.24, 2.45) is 0 Å². The molecule has 0 bridgehead atoms. The summed E-state index contributed by atoms with van der Waals surface area (Å²) in [6, 6.07) is 58.4. The molecule has 228 valence electrons. The third-order valence-corrected chi connectivity index (χ3v) is 12.0. The van der Waals surface area contributed by atoms with E-state index in [0.29, 0.717) is 17.5 Å². The first-order valence-corrected chi connectivity index (χ1v) is 18.2. The molecular formula is C45H27N3Se. The van der Waals surface area contributed by atoms with Gasteiger partial charge in [-0.2, -0.15) is 0 Å². The van der Waals surface area contributed by atoms with Gasteiger partial charge >= 0.3 is 202 Å². The van der Waals surface area contributed by atoms with E-state index in [4.69, 9.17) is 15.0 Å². The van der Waals surface area contributed by atoms with Crippen molar-refractivity contribution in [3.05, 3.63) is 164 Å². The number of hydrogen-bond acceptors (Lipinski definition) is 3. The van der Waals surface area contributed by atoms with Crippen molar-refractivity contribution in [1.29, 1.82) is 0 Å². The minimum Gasteiger partial charge on any atom is -0.0615 e. The van der Waals surface area contributed by atoms with Gasteiger partial charge in [-0.1, -0.05) is 60.7 Å². The molecule has 0 radical (unpaired) electrons. The van der Waals surface area contributed by atoms with Gasteiger partial charge in [0.1, 0.15) is 0 Å². The Hall–Kier alpha value is -5.93. The third kappa shape index (κ3) is 4.76. The van der Waals surface area contributed by atoms with Crippen LogP contribution in [0.25, 0.3) is 96.9 Å². The minimum absolute atomic E-state index is 0.283. The van der Waals surface area contributed by atoms with Crippen LogP contribution in [0.2, 0.25) is 0 Å². The van der Waals surface area contributed by atoms with Crippen LogP contribution < -0.4 is 0 Å². The Morgan fingerprint density at radius 1 is 0.347 bits per heavy atom. The zero-order chi connectivity index (χ0) is 32.3. The fraction of sp³-hybridized carbons (Fsp3) is 0. The van der Waals surface area contributed by atoms with E-state index >= 15 is 0 Å². The van der Waals surface area contributed by atoms with Crippen LogP contribution in [0.5, 0.6) is 0 Å². The van der Waals surface area contributed by atoms with Crippen LogP contribution in [0.3, 0.4) is 0 Å². The molecule has 0 spiro atoms. The maximum absolute atomic E-state index is 5.02. The first-order chi connectivity index (χ1) is 24.3. The van der Waals surface area contributed by atoms with E-state index in [9.17, 15) is 0 Å². The summed E-state index contributed by atoms with van der Waals surface area (Å²) in [5.74, 6) is 2.00. The Balaban J connectivity index is 1.13. The zero-order valence-electron chi connectivity index (χ0n) is 26.3. The van der Waals surface area contributed by atoms with E-state index in [0.717, 1.165) is 27.5 Å². The van der Waals surface area contributed by atoms with Crippen molar-refractivity contribution >= 4 is 66.1 Å². The van der Waals surface area contributed by atoms with E-state index in [-0.39, 0.29) is 14.5 Å². The number of benzene rings is 8. The van der Waals surface area contributed by atoms with Crippen molar-refractivity contribution in [3.63, 3.8) is 0 Å². The molecule has 49 heavy (non-hydrogen) atoms. The van der Waals surface area contributed by atoms with Crippen molar-refractivity contribution in [1.82, 2.24) is 15.0 Å². The van der Waals surface area contributed by atoms with E-state index in [1.165, 1.54) is 52.0 Å². The Labute approximate surface area is 288 Å². The Morgan fingerprint density at radius 3 is 1.76 bits per heavy atom. The predicted molar refractivity (Wildman–Crippen MR) is 206 cm³/mol. The molecule has 0 unspecified atom stereocenters. The first kappa shape index (κ1) is 28.1. The van der Waals surface area contributed by atoms with Gasteiger partial charge in [0.25, 0.3) is 0 Å². The van der Waals surface area contributed by atoms with Crippen LogP contribution in [0, 0.1) is 0 Å². The second kappa shape index (κ2) is 11.3. The molecule has 3 nitrogen and oxygen atoms in total. The molecule has 0 fully saturated rings. The number of aromatic nitrogens is 3. The van der Waals surface area contributed by atoms with Gasteiger partial charge in [-0.25, -0.2) is 4.98 Å².